The highest BCUT2D eigenvalue weighted by molar-refractivity contribution is 5.69. The number of allylic oxidation sites excluding steroid dienone is 2. The number of esters is 1. The van der Waals surface area contributed by atoms with Gasteiger partial charge in [0.05, 0.1) is 18.8 Å². The van der Waals surface area contributed by atoms with E-state index in [1.807, 2.05) is 18.2 Å². The largest absolute Gasteiger partial charge is 0.466 e. The zero-order chi connectivity index (χ0) is 16.4. The minimum Gasteiger partial charge on any atom is -0.466 e. The number of carbonyl (C=O) groups is 1. The molecule has 0 aromatic heterocycles. The van der Waals surface area contributed by atoms with Crippen LogP contribution < -0.4 is 0 Å². The molecular weight excluding hydrogens is 280 g/mol. The molecular formula is C18H30O4. The molecule has 0 radical (unpaired) electrons. The number of rotatable bonds is 10. The van der Waals surface area contributed by atoms with Crippen molar-refractivity contribution in [2.24, 2.45) is 11.8 Å². The maximum atomic E-state index is 11.4. The quantitative estimate of drug-likeness (QED) is 0.370. The summed E-state index contributed by atoms with van der Waals surface area (Å²) in [4.78, 5) is 11.4. The van der Waals surface area contributed by atoms with Crippen LogP contribution in [0.4, 0.5) is 0 Å². The van der Waals surface area contributed by atoms with Gasteiger partial charge in [0.2, 0.25) is 0 Å². The summed E-state index contributed by atoms with van der Waals surface area (Å²) in [5.41, 5.74) is 0. The highest BCUT2D eigenvalue weighted by Crippen LogP contribution is 2.31. The Hall–Kier alpha value is -1.13. The molecule has 22 heavy (non-hydrogen) atoms. The molecule has 4 unspecified atom stereocenters. The van der Waals surface area contributed by atoms with Crippen LogP contribution in [0, 0.1) is 11.8 Å². The fourth-order valence-corrected chi connectivity index (χ4v) is 2.80. The van der Waals surface area contributed by atoms with Gasteiger partial charge >= 0.3 is 5.97 Å². The van der Waals surface area contributed by atoms with Crippen LogP contribution in [0.25, 0.3) is 0 Å². The molecule has 0 bridgehead atoms. The molecule has 0 spiro atoms. The first-order chi connectivity index (χ1) is 10.6. The molecule has 4 heteroatoms. The first-order valence-corrected chi connectivity index (χ1v) is 8.46. The topological polar surface area (TPSA) is 66.8 Å². The Balaban J connectivity index is 2.43. The molecule has 0 amide bonds. The van der Waals surface area contributed by atoms with Gasteiger partial charge in [-0.25, -0.2) is 0 Å². The molecule has 0 aromatic rings. The lowest BCUT2D eigenvalue weighted by molar-refractivity contribution is -0.143. The van der Waals surface area contributed by atoms with Crippen molar-refractivity contribution >= 4 is 5.97 Å². The van der Waals surface area contributed by atoms with E-state index in [1.54, 1.807) is 13.0 Å². The van der Waals surface area contributed by atoms with Crippen LogP contribution in [-0.2, 0) is 9.53 Å². The summed E-state index contributed by atoms with van der Waals surface area (Å²) in [6, 6.07) is 0. The van der Waals surface area contributed by atoms with E-state index < -0.39 is 12.2 Å². The van der Waals surface area contributed by atoms with Gasteiger partial charge in [0, 0.05) is 12.3 Å². The molecule has 0 aromatic carbocycles. The molecule has 1 rings (SSSR count). The highest BCUT2D eigenvalue weighted by Gasteiger charge is 2.29. The monoisotopic (exact) mass is 310 g/mol. The number of carbonyl (C=O) groups excluding carboxylic acids is 1. The van der Waals surface area contributed by atoms with Crippen molar-refractivity contribution in [2.75, 3.05) is 6.61 Å². The van der Waals surface area contributed by atoms with Gasteiger partial charge in [0.15, 0.2) is 0 Å². The third kappa shape index (κ3) is 6.75. The van der Waals surface area contributed by atoms with Crippen LogP contribution in [0.1, 0.15) is 52.4 Å². The van der Waals surface area contributed by atoms with E-state index in [0.717, 1.165) is 25.7 Å². The maximum absolute atomic E-state index is 11.4. The minimum atomic E-state index is -0.527. The lowest BCUT2D eigenvalue weighted by Gasteiger charge is -2.20. The van der Waals surface area contributed by atoms with Gasteiger partial charge in [-0.15, -0.1) is 0 Å². The molecule has 126 valence electrons. The number of hydrogen-bond donors (Lipinski definition) is 2. The number of hydrogen-bond acceptors (Lipinski definition) is 4. The summed E-state index contributed by atoms with van der Waals surface area (Å²) >= 11 is 0. The third-order valence-electron chi connectivity index (χ3n) is 4.11. The second kappa shape index (κ2) is 10.6. The number of unbranched alkanes of at least 4 members (excludes halogenated alkanes) is 2. The van der Waals surface area contributed by atoms with Gasteiger partial charge in [-0.05, 0) is 25.7 Å². The van der Waals surface area contributed by atoms with E-state index in [2.05, 4.69) is 6.92 Å². The lowest BCUT2D eigenvalue weighted by Crippen LogP contribution is -2.21. The Kier molecular flexibility index (Phi) is 9.09. The van der Waals surface area contributed by atoms with Crippen LogP contribution in [-0.4, -0.2) is 35.0 Å². The minimum absolute atomic E-state index is 0.0107. The number of aliphatic hydroxyl groups is 2. The number of ether oxygens (including phenoxy) is 1. The standard InChI is InChI=1S/C18H30O4/c1-3-5-6-7-15(19)10-8-14-9-12-17(20)16(14)11-13-18(21)22-4-2/h8-10,12,14-17,19-20H,3-7,11,13H2,1-2H3. The fraction of sp³-hybridized carbons (Fsp3) is 0.722. The summed E-state index contributed by atoms with van der Waals surface area (Å²) in [5, 5.41) is 19.9. The van der Waals surface area contributed by atoms with E-state index in [9.17, 15) is 15.0 Å². The molecule has 0 saturated heterocycles. The molecule has 0 fully saturated rings. The van der Waals surface area contributed by atoms with Crippen molar-refractivity contribution in [1.29, 1.82) is 0 Å². The van der Waals surface area contributed by atoms with Gasteiger partial charge in [-0.2, -0.15) is 0 Å². The third-order valence-corrected chi connectivity index (χ3v) is 4.11. The Morgan fingerprint density at radius 3 is 2.77 bits per heavy atom. The van der Waals surface area contributed by atoms with Gasteiger partial charge < -0.3 is 14.9 Å². The predicted octanol–water partition coefficient (Wildman–Crippen LogP) is 2.99. The number of aliphatic hydroxyl groups excluding tert-OH is 2. The normalized spacial score (nSPS) is 25.7. The summed E-state index contributed by atoms with van der Waals surface area (Å²) in [5.74, 6) is -0.155. The van der Waals surface area contributed by atoms with Crippen LogP contribution in [0.5, 0.6) is 0 Å². The lowest BCUT2D eigenvalue weighted by atomic mass is 9.88. The van der Waals surface area contributed by atoms with E-state index in [-0.39, 0.29) is 17.8 Å². The first kappa shape index (κ1) is 18.9. The van der Waals surface area contributed by atoms with Crippen LogP contribution in [0.3, 0.4) is 0 Å². The summed E-state index contributed by atoms with van der Waals surface area (Å²) in [6.07, 6.45) is 11.5. The molecule has 4 nitrogen and oxygen atoms in total. The zero-order valence-electron chi connectivity index (χ0n) is 13.8. The Bertz CT molecular complexity index is 375. The van der Waals surface area contributed by atoms with E-state index >= 15 is 0 Å². The van der Waals surface area contributed by atoms with Gasteiger partial charge in [0.1, 0.15) is 0 Å². The second-order valence-electron chi connectivity index (χ2n) is 5.91. The molecule has 0 heterocycles. The SMILES string of the molecule is CCCCCC(O)C=CC1C=CC(O)C1CCC(=O)OCC. The molecule has 4 atom stereocenters. The molecule has 1 aliphatic rings. The van der Waals surface area contributed by atoms with Crippen molar-refractivity contribution in [3.63, 3.8) is 0 Å². The predicted molar refractivity (Wildman–Crippen MR) is 87.3 cm³/mol. The summed E-state index contributed by atoms with van der Waals surface area (Å²) < 4.78 is 4.93. The van der Waals surface area contributed by atoms with Crippen LogP contribution >= 0.6 is 0 Å². The zero-order valence-corrected chi connectivity index (χ0v) is 13.8. The van der Waals surface area contributed by atoms with Crippen molar-refractivity contribution in [2.45, 2.75) is 64.6 Å². The average Bonchev–Trinajstić information content (AvgIpc) is 2.84. The van der Waals surface area contributed by atoms with E-state index in [0.29, 0.717) is 19.4 Å². The molecule has 0 aliphatic heterocycles. The van der Waals surface area contributed by atoms with Crippen molar-refractivity contribution < 1.29 is 19.7 Å². The average molecular weight is 310 g/mol. The second-order valence-corrected chi connectivity index (χ2v) is 5.91. The summed E-state index contributed by atoms with van der Waals surface area (Å²) in [7, 11) is 0. The summed E-state index contributed by atoms with van der Waals surface area (Å²) in [6.45, 7) is 4.31. The smallest absolute Gasteiger partial charge is 0.305 e. The van der Waals surface area contributed by atoms with E-state index in [4.69, 9.17) is 4.74 Å². The Morgan fingerprint density at radius 2 is 2.09 bits per heavy atom. The highest BCUT2D eigenvalue weighted by atomic mass is 16.5. The van der Waals surface area contributed by atoms with Crippen LogP contribution in [0.2, 0.25) is 0 Å². The van der Waals surface area contributed by atoms with Crippen LogP contribution in [0.15, 0.2) is 24.3 Å². The molecule has 0 saturated carbocycles. The first-order valence-electron chi connectivity index (χ1n) is 8.46. The fourth-order valence-electron chi connectivity index (χ4n) is 2.80. The molecule has 1 aliphatic carbocycles. The van der Waals surface area contributed by atoms with E-state index in [1.165, 1.54) is 0 Å². The van der Waals surface area contributed by atoms with Gasteiger partial charge in [0.25, 0.3) is 0 Å². The van der Waals surface area contributed by atoms with Crippen molar-refractivity contribution in [3.8, 4) is 0 Å². The van der Waals surface area contributed by atoms with Crippen molar-refractivity contribution in [1.82, 2.24) is 0 Å². The Morgan fingerprint density at radius 1 is 1.32 bits per heavy atom. The van der Waals surface area contributed by atoms with Gasteiger partial charge in [-0.3, -0.25) is 4.79 Å². The van der Waals surface area contributed by atoms with Crippen molar-refractivity contribution in [3.05, 3.63) is 24.3 Å². The maximum Gasteiger partial charge on any atom is 0.305 e. The Labute approximate surface area is 133 Å². The van der Waals surface area contributed by atoms with Gasteiger partial charge in [-0.1, -0.05) is 50.5 Å². The molecule has 2 N–H and O–H groups in total.